The van der Waals surface area contributed by atoms with Gasteiger partial charge in [0.2, 0.25) is 0 Å². The number of carboxylic acid groups (broad SMARTS) is 1. The predicted octanol–water partition coefficient (Wildman–Crippen LogP) is 4.78. The zero-order valence-electron chi connectivity index (χ0n) is 20.4. The van der Waals surface area contributed by atoms with Gasteiger partial charge in [0.25, 0.3) is 5.91 Å². The molecule has 9 heteroatoms. The number of benzene rings is 3. The van der Waals surface area contributed by atoms with Crippen LogP contribution in [-0.2, 0) is 11.3 Å². The fourth-order valence-corrected chi connectivity index (χ4v) is 4.30. The van der Waals surface area contributed by atoms with Crippen molar-refractivity contribution in [2.24, 2.45) is 10.7 Å². The Balaban J connectivity index is 1.48. The van der Waals surface area contributed by atoms with Crippen molar-refractivity contribution in [2.75, 3.05) is 10.6 Å². The molecule has 4 rings (SSSR count). The molecule has 0 fully saturated rings. The maximum atomic E-state index is 13.0. The zero-order chi connectivity index (χ0) is 26.9. The van der Waals surface area contributed by atoms with Gasteiger partial charge in [-0.05, 0) is 53.1 Å². The molecule has 0 aliphatic rings. The number of anilines is 2. The third-order valence-corrected chi connectivity index (χ3v) is 6.31. The highest BCUT2D eigenvalue weighted by Gasteiger charge is 2.28. The van der Waals surface area contributed by atoms with Gasteiger partial charge >= 0.3 is 5.97 Å². The van der Waals surface area contributed by atoms with Crippen LogP contribution in [0.5, 0.6) is 0 Å². The molecule has 0 saturated carbocycles. The molecular weight excluding hydrogens is 498 g/mol. The number of aromatic nitrogens is 1. The van der Waals surface area contributed by atoms with Crippen molar-refractivity contribution < 1.29 is 14.7 Å². The van der Waals surface area contributed by atoms with E-state index in [-0.39, 0.29) is 11.9 Å². The van der Waals surface area contributed by atoms with Gasteiger partial charge in [-0.25, -0.2) is 4.99 Å². The third kappa shape index (κ3) is 6.98. The first-order valence-electron chi connectivity index (χ1n) is 11.8. The number of guanidine groups is 1. The molecule has 8 nitrogen and oxygen atoms in total. The molecule has 192 valence electrons. The maximum Gasteiger partial charge on any atom is 0.317 e. The second kappa shape index (κ2) is 12.6. The van der Waals surface area contributed by atoms with Gasteiger partial charge in [0.15, 0.2) is 5.96 Å². The van der Waals surface area contributed by atoms with Crippen LogP contribution in [0.15, 0.2) is 108 Å². The minimum Gasteiger partial charge on any atom is -0.480 e. The van der Waals surface area contributed by atoms with E-state index in [9.17, 15) is 14.7 Å². The van der Waals surface area contributed by atoms with Crippen molar-refractivity contribution in [3.05, 3.63) is 126 Å². The number of carbonyl (C=O) groups excluding carboxylic acids is 1. The van der Waals surface area contributed by atoms with Gasteiger partial charge in [-0.3, -0.25) is 14.6 Å². The van der Waals surface area contributed by atoms with Crippen molar-refractivity contribution in [1.29, 1.82) is 0 Å². The van der Waals surface area contributed by atoms with Crippen LogP contribution in [0.4, 0.5) is 11.4 Å². The van der Waals surface area contributed by atoms with Crippen LogP contribution < -0.4 is 16.4 Å². The molecular formula is C29H27N5O3S. The number of amides is 1. The Labute approximate surface area is 226 Å². The topological polar surface area (TPSA) is 130 Å². The van der Waals surface area contributed by atoms with E-state index < -0.39 is 17.1 Å². The van der Waals surface area contributed by atoms with E-state index in [2.05, 4.69) is 33.2 Å². The van der Waals surface area contributed by atoms with Crippen molar-refractivity contribution in [3.63, 3.8) is 0 Å². The summed E-state index contributed by atoms with van der Waals surface area (Å²) < 4.78 is 0. The average molecular weight is 526 g/mol. The van der Waals surface area contributed by atoms with Crippen molar-refractivity contribution in [3.8, 4) is 0 Å². The first kappa shape index (κ1) is 26.4. The average Bonchev–Trinajstić information content (AvgIpc) is 2.93. The molecule has 0 radical (unpaired) electrons. The van der Waals surface area contributed by atoms with Crippen LogP contribution in [0.3, 0.4) is 0 Å². The molecule has 4 aromatic rings. The summed E-state index contributed by atoms with van der Waals surface area (Å²) in [7, 11) is 0. The number of nitrogens with zero attached hydrogens (tertiary/aromatic N) is 2. The van der Waals surface area contributed by atoms with Crippen molar-refractivity contribution in [2.45, 2.75) is 17.7 Å². The number of hydrogen-bond donors (Lipinski definition) is 5. The van der Waals surface area contributed by atoms with E-state index in [4.69, 9.17) is 5.73 Å². The molecule has 0 aliphatic carbocycles. The molecule has 2 atom stereocenters. The smallest absolute Gasteiger partial charge is 0.317 e. The first-order chi connectivity index (χ1) is 18.4. The molecule has 0 saturated heterocycles. The minimum absolute atomic E-state index is 0.236. The monoisotopic (exact) mass is 525 g/mol. The summed E-state index contributed by atoms with van der Waals surface area (Å²) in [4.78, 5) is 33.3. The quantitative estimate of drug-likeness (QED) is 0.122. The van der Waals surface area contributed by atoms with Crippen LogP contribution in [0, 0.1) is 0 Å². The molecule has 1 heterocycles. The predicted molar refractivity (Wildman–Crippen MR) is 153 cm³/mol. The summed E-state index contributed by atoms with van der Waals surface area (Å²) >= 11 is 4.34. The lowest BCUT2D eigenvalue weighted by molar-refractivity contribution is -0.136. The Morgan fingerprint density at radius 3 is 2.32 bits per heavy atom. The fourth-order valence-electron chi connectivity index (χ4n) is 3.96. The first-order valence-corrected chi connectivity index (χ1v) is 12.4. The summed E-state index contributed by atoms with van der Waals surface area (Å²) in [5, 5.41) is 14.5. The molecule has 1 amide bonds. The van der Waals surface area contributed by atoms with Crippen LogP contribution in [-0.4, -0.2) is 33.2 Å². The van der Waals surface area contributed by atoms with Crippen molar-refractivity contribution in [1.82, 2.24) is 4.98 Å². The van der Waals surface area contributed by atoms with Gasteiger partial charge in [0.1, 0.15) is 5.25 Å². The van der Waals surface area contributed by atoms with Crippen molar-refractivity contribution >= 4 is 41.8 Å². The lowest BCUT2D eigenvalue weighted by Gasteiger charge is -2.21. The van der Waals surface area contributed by atoms with E-state index in [0.29, 0.717) is 34.6 Å². The Morgan fingerprint density at radius 1 is 0.895 bits per heavy atom. The van der Waals surface area contributed by atoms with Gasteiger partial charge in [-0.2, -0.15) is 12.6 Å². The van der Waals surface area contributed by atoms with Crippen LogP contribution in [0.25, 0.3) is 0 Å². The highest BCUT2D eigenvalue weighted by Crippen LogP contribution is 2.32. The highest BCUT2D eigenvalue weighted by atomic mass is 32.1. The van der Waals surface area contributed by atoms with Crippen LogP contribution in [0.1, 0.15) is 33.0 Å². The molecule has 0 spiro atoms. The minimum atomic E-state index is -1.05. The third-order valence-electron chi connectivity index (χ3n) is 5.79. The number of hydrogen-bond acceptors (Lipinski definition) is 5. The van der Waals surface area contributed by atoms with E-state index >= 15 is 0 Å². The largest absolute Gasteiger partial charge is 0.480 e. The number of carboxylic acids is 1. The van der Waals surface area contributed by atoms with Gasteiger partial charge in [-0.15, -0.1) is 0 Å². The highest BCUT2D eigenvalue weighted by molar-refractivity contribution is 7.81. The number of carbonyl (C=O) groups is 2. The molecule has 0 aliphatic heterocycles. The number of rotatable bonds is 9. The van der Waals surface area contributed by atoms with Gasteiger partial charge in [0, 0.05) is 35.2 Å². The summed E-state index contributed by atoms with van der Waals surface area (Å²) in [6.07, 6.45) is 3.24. The Hall–Kier alpha value is -4.63. The normalized spacial score (nSPS) is 12.8. The number of thiol groups is 1. The molecule has 5 N–H and O–H groups in total. The number of nitrogens with two attached hydrogens (primary N) is 1. The molecule has 1 unspecified atom stereocenters. The van der Waals surface area contributed by atoms with Gasteiger partial charge in [0.05, 0.1) is 6.54 Å². The standard InChI is InChI=1S/C29H27N5O3S/c30-29(32-17-19-7-2-1-3-8-19)34-24-13-5-10-21(16-24)27(35)33-23-12-4-9-20(15-23)25(26(38)28(36)37)22-11-6-14-31-18-22/h1-16,18,25-26,38H,17H2,(H,33,35)(H,36,37)(H3,30,32,34)/t25?,26-/m0/s1. The van der Waals surface area contributed by atoms with E-state index in [1.807, 2.05) is 42.5 Å². The van der Waals surface area contributed by atoms with Crippen LogP contribution in [0.2, 0.25) is 0 Å². The van der Waals surface area contributed by atoms with E-state index in [0.717, 1.165) is 5.56 Å². The number of pyridine rings is 1. The lowest BCUT2D eigenvalue weighted by atomic mass is 9.89. The molecule has 0 bridgehead atoms. The zero-order valence-corrected chi connectivity index (χ0v) is 21.3. The number of nitrogens with one attached hydrogen (secondary N) is 2. The fraction of sp³-hybridized carbons (Fsp3) is 0.103. The Bertz CT molecular complexity index is 1430. The SMILES string of the molecule is NC(=NCc1ccccc1)Nc1cccc(C(=O)Nc2cccc(C(c3cccnc3)[C@H](S)C(=O)O)c2)c1. The molecule has 38 heavy (non-hydrogen) atoms. The van der Waals surface area contributed by atoms with Gasteiger partial charge in [-0.1, -0.05) is 54.6 Å². The summed E-state index contributed by atoms with van der Waals surface area (Å²) in [5.41, 5.74) is 10.0. The maximum absolute atomic E-state index is 13.0. The number of aliphatic carboxylic acids is 1. The lowest BCUT2D eigenvalue weighted by Crippen LogP contribution is -2.24. The van der Waals surface area contributed by atoms with Crippen LogP contribution >= 0.6 is 12.6 Å². The Morgan fingerprint density at radius 2 is 1.61 bits per heavy atom. The number of aliphatic imine (C=N–C) groups is 1. The molecule has 1 aromatic heterocycles. The van der Waals surface area contributed by atoms with Gasteiger partial charge < -0.3 is 21.5 Å². The molecule has 3 aromatic carbocycles. The van der Waals surface area contributed by atoms with E-state index in [1.54, 1.807) is 60.9 Å². The second-order valence-electron chi connectivity index (χ2n) is 8.52. The van der Waals surface area contributed by atoms with E-state index in [1.165, 1.54) is 0 Å². The summed E-state index contributed by atoms with van der Waals surface area (Å²) in [6.45, 7) is 0.436. The summed E-state index contributed by atoms with van der Waals surface area (Å²) in [6, 6.07) is 27.3. The Kier molecular flexibility index (Phi) is 8.73. The second-order valence-corrected chi connectivity index (χ2v) is 9.08. The summed E-state index contributed by atoms with van der Waals surface area (Å²) in [5.74, 6) is -1.70.